The lowest BCUT2D eigenvalue weighted by molar-refractivity contribution is 0.735. The number of nitrogens with zero attached hydrogens (tertiary/aromatic N) is 3. The number of hydrogen-bond acceptors (Lipinski definition) is 6. The summed E-state index contributed by atoms with van der Waals surface area (Å²) in [6, 6.07) is 2.19. The van der Waals surface area contributed by atoms with Gasteiger partial charge in [0.25, 0.3) is 0 Å². The maximum absolute atomic E-state index is 5.58. The Morgan fingerprint density at radius 1 is 1.40 bits per heavy atom. The largest absolute Gasteiger partial charge is 0.374 e. The van der Waals surface area contributed by atoms with Gasteiger partial charge < -0.3 is 10.6 Å². The molecule has 3 rings (SSSR count). The Morgan fingerprint density at radius 2 is 2.33 bits per heavy atom. The van der Waals surface area contributed by atoms with Gasteiger partial charge >= 0.3 is 0 Å². The molecule has 0 bridgehead atoms. The van der Waals surface area contributed by atoms with E-state index in [2.05, 4.69) is 26.5 Å². The molecule has 2 N–H and O–H groups in total. The number of hydrogen-bond donors (Lipinski definition) is 1. The second kappa shape index (κ2) is 3.46. The Morgan fingerprint density at radius 3 is 3.13 bits per heavy atom. The lowest BCUT2D eigenvalue weighted by atomic mass is 10.1. The van der Waals surface area contributed by atoms with Crippen LogP contribution in [0.4, 0.5) is 10.3 Å². The molecule has 2 aromatic rings. The van der Waals surface area contributed by atoms with Crippen LogP contribution in [0.25, 0.3) is 0 Å². The molecule has 0 radical (unpaired) electrons. The van der Waals surface area contributed by atoms with Crippen molar-refractivity contribution in [3.63, 3.8) is 0 Å². The number of aromatic nitrogens is 2. The minimum Gasteiger partial charge on any atom is -0.374 e. The third-order valence-corrected chi connectivity index (χ3v) is 4.34. The van der Waals surface area contributed by atoms with Crippen LogP contribution in [0.5, 0.6) is 0 Å². The maximum atomic E-state index is 5.58. The molecule has 0 aromatic carbocycles. The highest BCUT2D eigenvalue weighted by Crippen LogP contribution is 2.29. The van der Waals surface area contributed by atoms with E-state index in [1.54, 1.807) is 0 Å². The van der Waals surface area contributed by atoms with Crippen LogP contribution >= 0.6 is 22.7 Å². The van der Waals surface area contributed by atoms with E-state index in [1.807, 2.05) is 11.3 Å². The fourth-order valence-electron chi connectivity index (χ4n) is 1.77. The van der Waals surface area contributed by atoms with Crippen molar-refractivity contribution >= 4 is 32.9 Å². The zero-order valence-corrected chi connectivity index (χ0v) is 9.64. The van der Waals surface area contributed by atoms with Crippen molar-refractivity contribution in [2.45, 2.75) is 13.0 Å². The summed E-state index contributed by atoms with van der Waals surface area (Å²) in [6.07, 6.45) is 1.10. The first-order valence-electron chi connectivity index (χ1n) is 4.72. The normalized spacial score (nSPS) is 15.3. The van der Waals surface area contributed by atoms with Gasteiger partial charge in [-0.1, -0.05) is 11.3 Å². The standard InChI is InChI=1S/C9H10N4S2/c10-8-11-12-9(15-8)13-3-1-7-6(5-13)2-4-14-7/h2,4H,1,3,5H2,(H2,10,11). The lowest BCUT2D eigenvalue weighted by Gasteiger charge is -2.25. The van der Waals surface area contributed by atoms with Crippen molar-refractivity contribution in [3.8, 4) is 0 Å². The minimum absolute atomic E-state index is 0.543. The molecule has 1 aliphatic rings. The predicted molar refractivity (Wildman–Crippen MR) is 63.4 cm³/mol. The van der Waals surface area contributed by atoms with Crippen molar-refractivity contribution < 1.29 is 0 Å². The molecule has 6 heteroatoms. The Labute approximate surface area is 95.4 Å². The zero-order chi connectivity index (χ0) is 10.3. The van der Waals surface area contributed by atoms with Crippen molar-refractivity contribution in [1.82, 2.24) is 10.2 Å². The van der Waals surface area contributed by atoms with Crippen LogP contribution in [-0.4, -0.2) is 16.7 Å². The van der Waals surface area contributed by atoms with E-state index in [-0.39, 0.29) is 0 Å². The molecular formula is C9H10N4S2. The van der Waals surface area contributed by atoms with Gasteiger partial charge in [0, 0.05) is 18.0 Å². The van der Waals surface area contributed by atoms with Crippen molar-refractivity contribution in [1.29, 1.82) is 0 Å². The van der Waals surface area contributed by atoms with Crippen LogP contribution in [0.15, 0.2) is 11.4 Å². The second-order valence-corrected chi connectivity index (χ2v) is 5.45. The number of fused-ring (bicyclic) bond motifs is 1. The van der Waals surface area contributed by atoms with E-state index in [1.165, 1.54) is 21.8 Å². The highest BCUT2D eigenvalue weighted by Gasteiger charge is 2.19. The molecule has 0 atom stereocenters. The van der Waals surface area contributed by atoms with E-state index in [0.29, 0.717) is 5.13 Å². The number of anilines is 2. The molecule has 0 spiro atoms. The van der Waals surface area contributed by atoms with Gasteiger partial charge in [0.15, 0.2) is 0 Å². The summed E-state index contributed by atoms with van der Waals surface area (Å²) < 4.78 is 0. The highest BCUT2D eigenvalue weighted by atomic mass is 32.1. The molecule has 78 valence electrons. The molecule has 0 amide bonds. The Hall–Kier alpha value is -1.14. The predicted octanol–water partition coefficient (Wildman–Crippen LogP) is 1.74. The van der Waals surface area contributed by atoms with Crippen LogP contribution in [0.3, 0.4) is 0 Å². The molecule has 0 aliphatic carbocycles. The summed E-state index contributed by atoms with van der Waals surface area (Å²) in [7, 11) is 0. The summed E-state index contributed by atoms with van der Waals surface area (Å²) in [6.45, 7) is 1.95. The van der Waals surface area contributed by atoms with Crippen LogP contribution in [0.1, 0.15) is 10.4 Å². The summed E-state index contributed by atoms with van der Waals surface area (Å²) in [5, 5.41) is 11.5. The smallest absolute Gasteiger partial charge is 0.210 e. The van der Waals surface area contributed by atoms with Gasteiger partial charge in [-0.3, -0.25) is 0 Å². The van der Waals surface area contributed by atoms with Crippen LogP contribution in [-0.2, 0) is 13.0 Å². The topological polar surface area (TPSA) is 55.0 Å². The quantitative estimate of drug-likeness (QED) is 0.822. The van der Waals surface area contributed by atoms with E-state index in [9.17, 15) is 0 Å². The number of thiophene rings is 1. The number of nitrogens with two attached hydrogens (primary N) is 1. The Kier molecular flexibility index (Phi) is 2.10. The number of nitrogen functional groups attached to an aromatic ring is 1. The SMILES string of the molecule is Nc1nnc(N2CCc3sccc3C2)s1. The van der Waals surface area contributed by atoms with E-state index < -0.39 is 0 Å². The highest BCUT2D eigenvalue weighted by molar-refractivity contribution is 7.18. The molecule has 0 saturated heterocycles. The van der Waals surface area contributed by atoms with Gasteiger partial charge in [-0.2, -0.15) is 0 Å². The van der Waals surface area contributed by atoms with E-state index in [0.717, 1.165) is 24.6 Å². The van der Waals surface area contributed by atoms with Crippen molar-refractivity contribution in [3.05, 3.63) is 21.9 Å². The number of rotatable bonds is 1. The van der Waals surface area contributed by atoms with Gasteiger partial charge in [0.05, 0.1) is 0 Å². The Bertz CT molecular complexity index is 476. The second-order valence-electron chi connectivity index (χ2n) is 3.46. The van der Waals surface area contributed by atoms with Crippen LogP contribution in [0.2, 0.25) is 0 Å². The van der Waals surface area contributed by atoms with Gasteiger partial charge in [-0.05, 0) is 23.4 Å². The first-order valence-corrected chi connectivity index (χ1v) is 6.42. The van der Waals surface area contributed by atoms with Gasteiger partial charge in [0.1, 0.15) is 0 Å². The Balaban J connectivity index is 1.87. The summed E-state index contributed by atoms with van der Waals surface area (Å²) >= 11 is 3.30. The van der Waals surface area contributed by atoms with Gasteiger partial charge in [-0.15, -0.1) is 21.5 Å². The molecule has 1 aliphatic heterocycles. The third kappa shape index (κ3) is 1.59. The van der Waals surface area contributed by atoms with E-state index in [4.69, 9.17) is 5.73 Å². The fourth-order valence-corrected chi connectivity index (χ4v) is 3.29. The summed E-state index contributed by atoms with van der Waals surface area (Å²) in [5.41, 5.74) is 7.00. The molecular weight excluding hydrogens is 228 g/mol. The summed E-state index contributed by atoms with van der Waals surface area (Å²) in [5.74, 6) is 0. The van der Waals surface area contributed by atoms with Crippen LogP contribution in [0, 0.1) is 0 Å². The van der Waals surface area contributed by atoms with Gasteiger partial charge in [0.2, 0.25) is 10.3 Å². The molecule has 0 unspecified atom stereocenters. The van der Waals surface area contributed by atoms with Crippen molar-refractivity contribution in [2.24, 2.45) is 0 Å². The fraction of sp³-hybridized carbons (Fsp3) is 0.333. The van der Waals surface area contributed by atoms with E-state index >= 15 is 0 Å². The first-order chi connectivity index (χ1) is 7.33. The average Bonchev–Trinajstić information content (AvgIpc) is 2.84. The maximum Gasteiger partial charge on any atom is 0.210 e. The van der Waals surface area contributed by atoms with Gasteiger partial charge in [-0.25, -0.2) is 0 Å². The molecule has 0 fully saturated rings. The molecule has 3 heterocycles. The third-order valence-electron chi connectivity index (χ3n) is 2.51. The lowest BCUT2D eigenvalue weighted by Crippen LogP contribution is -2.29. The molecule has 0 saturated carbocycles. The van der Waals surface area contributed by atoms with Crippen LogP contribution < -0.4 is 10.6 Å². The molecule has 15 heavy (non-hydrogen) atoms. The zero-order valence-electron chi connectivity index (χ0n) is 8.01. The van der Waals surface area contributed by atoms with Crippen molar-refractivity contribution in [2.75, 3.05) is 17.2 Å². The summed E-state index contributed by atoms with van der Waals surface area (Å²) in [4.78, 5) is 3.74. The minimum atomic E-state index is 0.543. The molecule has 4 nitrogen and oxygen atoms in total. The first kappa shape index (κ1) is 9.11. The average molecular weight is 238 g/mol. The monoisotopic (exact) mass is 238 g/mol. The molecule has 2 aromatic heterocycles.